The molecule has 0 aliphatic heterocycles. The molecule has 2 rings (SSSR count). The number of aromatic nitrogens is 1. The van der Waals surface area contributed by atoms with Crippen LogP contribution in [-0.2, 0) is 0 Å². The van der Waals surface area contributed by atoms with Crippen LogP contribution in [0.25, 0.3) is 11.1 Å². The van der Waals surface area contributed by atoms with Gasteiger partial charge in [-0.05, 0) is 24.3 Å². The second kappa shape index (κ2) is 4.93. The number of hydrogen-bond donors (Lipinski definition) is 2. The third-order valence-electron chi connectivity index (χ3n) is 2.61. The van der Waals surface area contributed by atoms with Crippen molar-refractivity contribution in [3.63, 3.8) is 0 Å². The lowest BCUT2D eigenvalue weighted by Gasteiger charge is -2.08. The molecule has 0 amide bonds. The Morgan fingerprint density at radius 1 is 1.32 bits per heavy atom. The molecule has 19 heavy (non-hydrogen) atoms. The van der Waals surface area contributed by atoms with Crippen molar-refractivity contribution in [3.8, 4) is 16.9 Å². The summed E-state index contributed by atoms with van der Waals surface area (Å²) < 4.78 is 18.8. The normalized spacial score (nSPS) is 10.2. The van der Waals surface area contributed by atoms with E-state index >= 15 is 0 Å². The maximum absolute atomic E-state index is 13.9. The highest BCUT2D eigenvalue weighted by atomic mass is 19.1. The Kier molecular flexibility index (Phi) is 3.33. The highest BCUT2D eigenvalue weighted by Crippen LogP contribution is 2.29. The Morgan fingerprint density at radius 2 is 2.00 bits per heavy atom. The molecule has 0 saturated carbocycles. The smallest absolute Gasteiger partial charge is 0.354 e. The molecule has 6 heteroatoms. The summed E-state index contributed by atoms with van der Waals surface area (Å²) in [4.78, 5) is 14.5. The summed E-state index contributed by atoms with van der Waals surface area (Å²) in [5.41, 5.74) is 6.05. The van der Waals surface area contributed by atoms with Gasteiger partial charge in [0, 0.05) is 17.2 Å². The summed E-state index contributed by atoms with van der Waals surface area (Å²) in [5.74, 6) is -1.36. The second-order valence-electron chi connectivity index (χ2n) is 3.78. The molecule has 0 fully saturated rings. The van der Waals surface area contributed by atoms with E-state index in [0.717, 1.165) is 0 Å². The summed E-state index contributed by atoms with van der Waals surface area (Å²) in [7, 11) is 1.44. The van der Waals surface area contributed by atoms with Crippen molar-refractivity contribution in [1.29, 1.82) is 0 Å². The van der Waals surface area contributed by atoms with E-state index in [1.807, 2.05) is 0 Å². The molecule has 0 unspecified atom stereocenters. The van der Waals surface area contributed by atoms with Crippen molar-refractivity contribution >= 4 is 11.8 Å². The number of hydrogen-bond acceptors (Lipinski definition) is 4. The molecule has 98 valence electrons. The summed E-state index contributed by atoms with van der Waals surface area (Å²) in [6.07, 6.45) is 0. The van der Waals surface area contributed by atoms with Gasteiger partial charge in [0.2, 0.25) is 0 Å². The summed E-state index contributed by atoms with van der Waals surface area (Å²) in [5, 5.41) is 8.78. The fourth-order valence-electron chi connectivity index (χ4n) is 1.66. The third-order valence-corrected chi connectivity index (χ3v) is 2.61. The van der Waals surface area contributed by atoms with E-state index in [9.17, 15) is 9.18 Å². The number of nitrogen functional groups attached to an aromatic ring is 1. The minimum Gasteiger partial charge on any atom is -0.497 e. The fraction of sp³-hybridized carbons (Fsp3) is 0.0769. The zero-order valence-electron chi connectivity index (χ0n) is 10.1. The van der Waals surface area contributed by atoms with Crippen molar-refractivity contribution < 1.29 is 19.0 Å². The number of rotatable bonds is 3. The van der Waals surface area contributed by atoms with Gasteiger partial charge in [0.1, 0.15) is 17.4 Å². The van der Waals surface area contributed by atoms with Gasteiger partial charge >= 0.3 is 5.97 Å². The SMILES string of the molecule is COc1ccc(-c2ccc(C(=O)O)nc2N)c(F)c1. The molecule has 0 saturated heterocycles. The first-order valence-electron chi connectivity index (χ1n) is 5.36. The summed E-state index contributed by atoms with van der Waals surface area (Å²) >= 11 is 0. The van der Waals surface area contributed by atoms with E-state index in [0.29, 0.717) is 11.3 Å². The van der Waals surface area contributed by atoms with E-state index in [4.69, 9.17) is 15.6 Å². The van der Waals surface area contributed by atoms with E-state index in [1.54, 1.807) is 6.07 Å². The second-order valence-corrected chi connectivity index (χ2v) is 3.78. The molecule has 0 bridgehead atoms. The first-order valence-corrected chi connectivity index (χ1v) is 5.36. The molecule has 2 aromatic rings. The highest BCUT2D eigenvalue weighted by molar-refractivity contribution is 5.87. The number of nitrogens with zero attached hydrogens (tertiary/aromatic N) is 1. The average Bonchev–Trinajstić information content (AvgIpc) is 2.39. The van der Waals surface area contributed by atoms with E-state index in [-0.39, 0.29) is 17.1 Å². The van der Waals surface area contributed by atoms with Crippen molar-refractivity contribution in [2.24, 2.45) is 0 Å². The third kappa shape index (κ3) is 2.47. The number of aromatic carboxylic acids is 1. The molecule has 1 aromatic heterocycles. The fourth-order valence-corrected chi connectivity index (χ4v) is 1.66. The number of carbonyl (C=O) groups is 1. The Labute approximate surface area is 108 Å². The molecular weight excluding hydrogens is 251 g/mol. The van der Waals surface area contributed by atoms with Gasteiger partial charge in [0.05, 0.1) is 7.11 Å². The maximum Gasteiger partial charge on any atom is 0.354 e. The molecule has 1 aromatic carbocycles. The van der Waals surface area contributed by atoms with Crippen molar-refractivity contribution in [1.82, 2.24) is 4.98 Å². The van der Waals surface area contributed by atoms with Crippen LogP contribution in [0.4, 0.5) is 10.2 Å². The Hall–Kier alpha value is -2.63. The lowest BCUT2D eigenvalue weighted by atomic mass is 10.1. The number of nitrogens with two attached hydrogens (primary N) is 1. The van der Waals surface area contributed by atoms with Gasteiger partial charge in [0.25, 0.3) is 0 Å². The van der Waals surface area contributed by atoms with Crippen molar-refractivity contribution in [2.45, 2.75) is 0 Å². The number of carboxylic acids is 1. The van der Waals surface area contributed by atoms with Crippen LogP contribution in [0.5, 0.6) is 5.75 Å². The van der Waals surface area contributed by atoms with Crippen molar-refractivity contribution in [2.75, 3.05) is 12.8 Å². The van der Waals surface area contributed by atoms with Crippen LogP contribution in [0, 0.1) is 5.82 Å². The van der Waals surface area contributed by atoms with E-state index in [2.05, 4.69) is 4.98 Å². The van der Waals surface area contributed by atoms with Crippen LogP contribution < -0.4 is 10.5 Å². The van der Waals surface area contributed by atoms with Gasteiger partial charge in [-0.1, -0.05) is 0 Å². The number of benzene rings is 1. The maximum atomic E-state index is 13.9. The predicted molar refractivity (Wildman–Crippen MR) is 67.6 cm³/mol. The highest BCUT2D eigenvalue weighted by Gasteiger charge is 2.13. The predicted octanol–water partition coefficient (Wildman–Crippen LogP) is 2.18. The molecule has 0 radical (unpaired) electrons. The first kappa shape index (κ1) is 12.8. The molecular formula is C13H11FN2O3. The Bertz CT molecular complexity index is 644. The van der Waals surface area contributed by atoms with Crippen molar-refractivity contribution in [3.05, 3.63) is 41.8 Å². The lowest BCUT2D eigenvalue weighted by Crippen LogP contribution is -2.04. The Morgan fingerprint density at radius 3 is 2.53 bits per heavy atom. The Balaban J connectivity index is 2.50. The molecule has 3 N–H and O–H groups in total. The van der Waals surface area contributed by atoms with Crippen LogP contribution in [0.15, 0.2) is 30.3 Å². The van der Waals surface area contributed by atoms with Gasteiger partial charge in [-0.3, -0.25) is 0 Å². The molecule has 1 heterocycles. The number of ether oxygens (including phenoxy) is 1. The number of pyridine rings is 1. The molecule has 5 nitrogen and oxygen atoms in total. The van der Waals surface area contributed by atoms with Gasteiger partial charge in [-0.2, -0.15) is 0 Å². The zero-order valence-corrected chi connectivity index (χ0v) is 10.1. The summed E-state index contributed by atoms with van der Waals surface area (Å²) in [6.45, 7) is 0. The van der Waals surface area contributed by atoms with Gasteiger partial charge in [-0.25, -0.2) is 14.2 Å². The summed E-state index contributed by atoms with van der Waals surface area (Å²) in [6, 6.07) is 7.01. The van der Waals surface area contributed by atoms with Gasteiger partial charge < -0.3 is 15.6 Å². The quantitative estimate of drug-likeness (QED) is 0.885. The van der Waals surface area contributed by atoms with Gasteiger partial charge in [-0.15, -0.1) is 0 Å². The standard InChI is InChI=1S/C13H11FN2O3/c1-19-7-2-3-8(10(14)6-7)9-4-5-11(13(17)18)16-12(9)15/h2-6H,1H3,(H2,15,16)(H,17,18). The average molecular weight is 262 g/mol. The van der Waals surface area contributed by atoms with Crippen LogP contribution in [0.2, 0.25) is 0 Å². The van der Waals surface area contributed by atoms with Crippen LogP contribution in [0.3, 0.4) is 0 Å². The van der Waals surface area contributed by atoms with Crippen LogP contribution >= 0.6 is 0 Å². The molecule has 0 spiro atoms. The number of carboxylic acid groups (broad SMARTS) is 1. The molecule has 0 atom stereocenters. The number of anilines is 1. The minimum atomic E-state index is -1.19. The number of halogens is 1. The molecule has 0 aliphatic rings. The zero-order chi connectivity index (χ0) is 14.0. The topological polar surface area (TPSA) is 85.4 Å². The van der Waals surface area contributed by atoms with E-state index in [1.165, 1.54) is 31.4 Å². The van der Waals surface area contributed by atoms with E-state index < -0.39 is 11.8 Å². The monoisotopic (exact) mass is 262 g/mol. The van der Waals surface area contributed by atoms with Gasteiger partial charge in [0.15, 0.2) is 5.69 Å². The van der Waals surface area contributed by atoms with Crippen LogP contribution in [-0.4, -0.2) is 23.2 Å². The first-order chi connectivity index (χ1) is 9.02. The minimum absolute atomic E-state index is 0.0380. The lowest BCUT2D eigenvalue weighted by molar-refractivity contribution is 0.0690. The number of methoxy groups -OCH3 is 1. The van der Waals surface area contributed by atoms with Crippen LogP contribution in [0.1, 0.15) is 10.5 Å². The molecule has 0 aliphatic carbocycles. The largest absolute Gasteiger partial charge is 0.497 e.